The molecule has 3 rings (SSSR count). The molecule has 1 fully saturated rings. The molecule has 0 amide bonds. The van der Waals surface area contributed by atoms with Gasteiger partial charge in [-0.2, -0.15) is 0 Å². The number of hydrogen-bond donors (Lipinski definition) is 1. The molecular formula is C21H32ClN3O4. The number of methoxy groups -OCH3 is 1. The topological polar surface area (TPSA) is 64.6 Å². The van der Waals surface area contributed by atoms with Crippen LogP contribution in [0, 0.1) is 0 Å². The maximum atomic E-state index is 6.33. The first-order valence-electron chi connectivity index (χ1n) is 10.4. The summed E-state index contributed by atoms with van der Waals surface area (Å²) >= 11 is 6.33. The van der Waals surface area contributed by atoms with Crippen molar-refractivity contribution in [3.63, 3.8) is 0 Å². The van der Waals surface area contributed by atoms with E-state index in [-0.39, 0.29) is 0 Å². The van der Waals surface area contributed by atoms with Crippen LogP contribution in [0.4, 0.5) is 0 Å². The third-order valence-electron chi connectivity index (χ3n) is 5.15. The summed E-state index contributed by atoms with van der Waals surface area (Å²) in [5, 5.41) is 4.07. The summed E-state index contributed by atoms with van der Waals surface area (Å²) in [7, 11) is 3.55. The van der Waals surface area contributed by atoms with Crippen molar-refractivity contribution in [3.05, 3.63) is 22.7 Å². The summed E-state index contributed by atoms with van der Waals surface area (Å²) in [6, 6.07) is 3.96. The third kappa shape index (κ3) is 6.39. The van der Waals surface area contributed by atoms with E-state index in [9.17, 15) is 0 Å². The maximum Gasteiger partial charge on any atom is 0.193 e. The van der Waals surface area contributed by atoms with Gasteiger partial charge in [0.2, 0.25) is 0 Å². The van der Waals surface area contributed by atoms with Crippen molar-refractivity contribution in [3.8, 4) is 11.5 Å². The molecule has 2 aliphatic heterocycles. The van der Waals surface area contributed by atoms with Gasteiger partial charge in [-0.1, -0.05) is 11.6 Å². The number of rotatable bonds is 8. The molecule has 0 aromatic heterocycles. The highest BCUT2D eigenvalue weighted by Crippen LogP contribution is 2.38. The lowest BCUT2D eigenvalue weighted by Gasteiger charge is -2.34. The zero-order valence-corrected chi connectivity index (χ0v) is 18.2. The van der Waals surface area contributed by atoms with Gasteiger partial charge in [0.05, 0.1) is 11.1 Å². The van der Waals surface area contributed by atoms with Crippen molar-refractivity contribution in [2.45, 2.75) is 31.8 Å². The van der Waals surface area contributed by atoms with Gasteiger partial charge in [0.1, 0.15) is 13.2 Å². The number of aliphatic imine (C=N–C) groups is 1. The molecular weight excluding hydrogens is 394 g/mol. The molecule has 0 atom stereocenters. The number of benzene rings is 1. The number of likely N-dealkylation sites (tertiary alicyclic amines) is 1. The van der Waals surface area contributed by atoms with Gasteiger partial charge in [-0.3, -0.25) is 4.99 Å². The van der Waals surface area contributed by atoms with Gasteiger partial charge in [-0.15, -0.1) is 0 Å². The lowest BCUT2D eigenvalue weighted by molar-refractivity contribution is 0.00992. The number of nitrogens with one attached hydrogen (secondary N) is 1. The Morgan fingerprint density at radius 1 is 1.24 bits per heavy atom. The monoisotopic (exact) mass is 425 g/mol. The third-order valence-corrected chi connectivity index (χ3v) is 5.43. The average molecular weight is 426 g/mol. The predicted octanol–water partition coefficient (Wildman–Crippen LogP) is 2.75. The molecule has 0 spiro atoms. The fraction of sp³-hybridized carbons (Fsp3) is 0.667. The molecule has 8 heteroatoms. The van der Waals surface area contributed by atoms with Crippen molar-refractivity contribution >= 4 is 17.6 Å². The summed E-state index contributed by atoms with van der Waals surface area (Å²) in [5.41, 5.74) is 1.12. The van der Waals surface area contributed by atoms with E-state index in [1.165, 1.54) is 0 Å². The molecule has 1 aromatic rings. The van der Waals surface area contributed by atoms with Gasteiger partial charge in [0.15, 0.2) is 17.5 Å². The van der Waals surface area contributed by atoms with Crippen LogP contribution in [0.1, 0.15) is 24.8 Å². The molecule has 1 N–H and O–H groups in total. The minimum absolute atomic E-state index is 0.334. The minimum Gasteiger partial charge on any atom is -0.486 e. The summed E-state index contributed by atoms with van der Waals surface area (Å²) in [4.78, 5) is 6.74. The van der Waals surface area contributed by atoms with Gasteiger partial charge >= 0.3 is 0 Å². The first kappa shape index (κ1) is 22.0. The lowest BCUT2D eigenvalue weighted by atomic mass is 10.1. The van der Waals surface area contributed by atoms with Crippen LogP contribution in [-0.4, -0.2) is 77.2 Å². The Morgan fingerprint density at radius 2 is 2.03 bits per heavy atom. The van der Waals surface area contributed by atoms with Gasteiger partial charge < -0.3 is 29.2 Å². The van der Waals surface area contributed by atoms with Crippen LogP contribution in [0.5, 0.6) is 11.5 Å². The number of halogens is 1. The van der Waals surface area contributed by atoms with Crippen molar-refractivity contribution in [1.82, 2.24) is 10.2 Å². The highest BCUT2D eigenvalue weighted by atomic mass is 35.5. The second kappa shape index (κ2) is 11.5. The largest absolute Gasteiger partial charge is 0.486 e. The van der Waals surface area contributed by atoms with E-state index in [0.717, 1.165) is 75.8 Å². The molecule has 1 saturated heterocycles. The van der Waals surface area contributed by atoms with Gasteiger partial charge in [-0.25, -0.2) is 0 Å². The van der Waals surface area contributed by atoms with Crippen LogP contribution in [0.25, 0.3) is 0 Å². The number of hydrogen-bond acceptors (Lipinski definition) is 5. The Bertz CT molecular complexity index is 678. The SMILES string of the molecule is CN=C(NCCc1cc(Cl)c2c(c1)OCCO2)N1CCC(OCCCOC)CC1. The number of nitrogens with zero attached hydrogens (tertiary/aromatic N) is 2. The Labute approximate surface area is 178 Å². The molecule has 7 nitrogen and oxygen atoms in total. The fourth-order valence-corrected chi connectivity index (χ4v) is 3.93. The fourth-order valence-electron chi connectivity index (χ4n) is 3.65. The van der Waals surface area contributed by atoms with Crippen molar-refractivity contribution < 1.29 is 18.9 Å². The van der Waals surface area contributed by atoms with Gasteiger partial charge in [-0.05, 0) is 43.4 Å². The number of piperidine rings is 1. The summed E-state index contributed by atoms with van der Waals surface area (Å²) in [6.07, 6.45) is 4.15. The highest BCUT2D eigenvalue weighted by molar-refractivity contribution is 6.32. The Kier molecular flexibility index (Phi) is 8.70. The average Bonchev–Trinajstić information content (AvgIpc) is 2.75. The normalized spacial score (nSPS) is 17.5. The van der Waals surface area contributed by atoms with Crippen LogP contribution >= 0.6 is 11.6 Å². The van der Waals surface area contributed by atoms with E-state index in [4.69, 9.17) is 30.5 Å². The summed E-state index contributed by atoms with van der Waals surface area (Å²) in [5.74, 6) is 2.32. The first-order valence-corrected chi connectivity index (χ1v) is 10.7. The smallest absolute Gasteiger partial charge is 0.193 e. The van der Waals surface area contributed by atoms with Crippen LogP contribution in [-0.2, 0) is 15.9 Å². The lowest BCUT2D eigenvalue weighted by Crippen LogP contribution is -2.47. The molecule has 162 valence electrons. The van der Waals surface area contributed by atoms with Crippen molar-refractivity contribution in [2.75, 3.05) is 60.2 Å². The van der Waals surface area contributed by atoms with Crippen LogP contribution in [0.2, 0.25) is 5.02 Å². The quantitative estimate of drug-likeness (QED) is 0.392. The highest BCUT2D eigenvalue weighted by Gasteiger charge is 2.22. The molecule has 0 unspecified atom stereocenters. The number of ether oxygens (including phenoxy) is 4. The summed E-state index contributed by atoms with van der Waals surface area (Å²) in [6.45, 7) is 5.29. The molecule has 0 radical (unpaired) electrons. The van der Waals surface area contributed by atoms with Crippen molar-refractivity contribution in [2.24, 2.45) is 4.99 Å². The number of fused-ring (bicyclic) bond motifs is 1. The van der Waals surface area contributed by atoms with Gasteiger partial charge in [0, 0.05) is 47.0 Å². The molecule has 2 heterocycles. The van der Waals surface area contributed by atoms with E-state index in [0.29, 0.717) is 30.1 Å². The van der Waals surface area contributed by atoms with Gasteiger partial charge in [0.25, 0.3) is 0 Å². The minimum atomic E-state index is 0.334. The van der Waals surface area contributed by atoms with Crippen molar-refractivity contribution in [1.29, 1.82) is 0 Å². The Hall–Kier alpha value is -1.70. The van der Waals surface area contributed by atoms with E-state index in [1.807, 2.05) is 19.2 Å². The standard InChI is InChI=1S/C21H32ClN3O4/c1-23-21(25-8-5-17(6-9-25)27-11-3-10-26-2)24-7-4-16-14-18(22)20-19(15-16)28-12-13-29-20/h14-15,17H,3-13H2,1-2H3,(H,23,24). The van der Waals surface area contributed by atoms with E-state index in [2.05, 4.69) is 15.2 Å². The zero-order valence-electron chi connectivity index (χ0n) is 17.4. The number of guanidine groups is 1. The zero-order chi connectivity index (χ0) is 20.5. The predicted molar refractivity (Wildman–Crippen MR) is 115 cm³/mol. The first-order chi connectivity index (χ1) is 14.2. The van der Waals surface area contributed by atoms with Crippen LogP contribution < -0.4 is 14.8 Å². The Balaban J connectivity index is 1.42. The van der Waals surface area contributed by atoms with Crippen LogP contribution in [0.15, 0.2) is 17.1 Å². The van der Waals surface area contributed by atoms with E-state index >= 15 is 0 Å². The molecule has 0 saturated carbocycles. The second-order valence-corrected chi connectivity index (χ2v) is 7.64. The molecule has 1 aromatic carbocycles. The van der Waals surface area contributed by atoms with E-state index in [1.54, 1.807) is 7.11 Å². The van der Waals surface area contributed by atoms with Crippen LogP contribution in [0.3, 0.4) is 0 Å². The Morgan fingerprint density at radius 3 is 2.79 bits per heavy atom. The second-order valence-electron chi connectivity index (χ2n) is 7.23. The molecule has 29 heavy (non-hydrogen) atoms. The molecule has 0 aliphatic carbocycles. The maximum absolute atomic E-state index is 6.33. The molecule has 0 bridgehead atoms. The summed E-state index contributed by atoms with van der Waals surface area (Å²) < 4.78 is 22.2. The molecule has 2 aliphatic rings. The van der Waals surface area contributed by atoms with E-state index < -0.39 is 0 Å².